The molecule has 0 saturated carbocycles. The summed E-state index contributed by atoms with van der Waals surface area (Å²) in [5.74, 6) is 0. The van der Waals surface area contributed by atoms with Crippen LogP contribution in [0.5, 0.6) is 0 Å². The number of morpholine rings is 1. The van der Waals surface area contributed by atoms with E-state index in [9.17, 15) is 0 Å². The van der Waals surface area contributed by atoms with Crippen LogP contribution in [0.1, 0.15) is 24.5 Å². The van der Waals surface area contributed by atoms with Crippen LogP contribution in [0, 0.1) is 18.3 Å². The number of rotatable bonds is 2. The number of anilines is 1. The summed E-state index contributed by atoms with van der Waals surface area (Å²) in [7, 11) is 0. The van der Waals surface area contributed by atoms with Crippen LogP contribution in [0.2, 0.25) is 0 Å². The van der Waals surface area contributed by atoms with E-state index in [2.05, 4.69) is 24.0 Å². The van der Waals surface area contributed by atoms with Crippen molar-refractivity contribution in [3.8, 4) is 6.07 Å². The molecule has 0 bridgehead atoms. The summed E-state index contributed by atoms with van der Waals surface area (Å²) < 4.78 is 5.66. The van der Waals surface area contributed by atoms with E-state index in [1.807, 2.05) is 19.1 Å². The van der Waals surface area contributed by atoms with Gasteiger partial charge in [-0.15, -0.1) is 0 Å². The van der Waals surface area contributed by atoms with Crippen LogP contribution in [0.25, 0.3) is 0 Å². The average Bonchev–Trinajstić information content (AvgIpc) is 2.38. The Hall–Kier alpha value is -1.53. The van der Waals surface area contributed by atoms with Gasteiger partial charge in [-0.25, -0.2) is 0 Å². The van der Waals surface area contributed by atoms with E-state index in [1.165, 1.54) is 5.69 Å². The predicted molar refractivity (Wildman–Crippen MR) is 68.1 cm³/mol. The van der Waals surface area contributed by atoms with Gasteiger partial charge in [-0.3, -0.25) is 0 Å². The van der Waals surface area contributed by atoms with Gasteiger partial charge < -0.3 is 9.64 Å². The SMILES string of the molecule is CCC1CN(c2ccc(C#N)c(C)c2)CCO1. The largest absolute Gasteiger partial charge is 0.375 e. The van der Waals surface area contributed by atoms with Crippen molar-refractivity contribution in [1.82, 2.24) is 0 Å². The summed E-state index contributed by atoms with van der Waals surface area (Å²) in [5, 5.41) is 8.92. The lowest BCUT2D eigenvalue weighted by Gasteiger charge is -2.34. The van der Waals surface area contributed by atoms with Gasteiger partial charge in [0.2, 0.25) is 0 Å². The molecule has 1 aromatic rings. The minimum Gasteiger partial charge on any atom is -0.375 e. The molecule has 1 unspecified atom stereocenters. The van der Waals surface area contributed by atoms with Gasteiger partial charge in [0.25, 0.3) is 0 Å². The fraction of sp³-hybridized carbons (Fsp3) is 0.500. The first kappa shape index (κ1) is 11.9. The molecule has 1 aliphatic heterocycles. The standard InChI is InChI=1S/C14H18N2O/c1-3-14-10-16(6-7-17-14)13-5-4-12(9-15)11(2)8-13/h4-5,8,14H,3,6-7,10H2,1-2H3. The van der Waals surface area contributed by atoms with Gasteiger partial charge in [-0.2, -0.15) is 5.26 Å². The Kier molecular flexibility index (Phi) is 3.65. The fourth-order valence-corrected chi connectivity index (χ4v) is 2.17. The van der Waals surface area contributed by atoms with Crippen LogP contribution in [0.15, 0.2) is 18.2 Å². The quantitative estimate of drug-likeness (QED) is 0.783. The second-order valence-corrected chi connectivity index (χ2v) is 4.46. The highest BCUT2D eigenvalue weighted by Gasteiger charge is 2.19. The summed E-state index contributed by atoms with van der Waals surface area (Å²) in [4.78, 5) is 2.34. The molecule has 0 aliphatic carbocycles. The molecule has 3 heteroatoms. The third-order valence-electron chi connectivity index (χ3n) is 3.29. The van der Waals surface area contributed by atoms with Gasteiger partial charge in [-0.1, -0.05) is 6.92 Å². The van der Waals surface area contributed by atoms with Crippen molar-refractivity contribution in [2.24, 2.45) is 0 Å². The van der Waals surface area contributed by atoms with Gasteiger partial charge in [0.1, 0.15) is 0 Å². The molecule has 17 heavy (non-hydrogen) atoms. The molecule has 1 aliphatic rings. The summed E-state index contributed by atoms with van der Waals surface area (Å²) >= 11 is 0. The highest BCUT2D eigenvalue weighted by Crippen LogP contribution is 2.21. The number of hydrogen-bond donors (Lipinski definition) is 0. The van der Waals surface area contributed by atoms with E-state index in [0.717, 1.165) is 37.2 Å². The second-order valence-electron chi connectivity index (χ2n) is 4.46. The number of nitrogens with zero attached hydrogens (tertiary/aromatic N) is 2. The minimum absolute atomic E-state index is 0.333. The fourth-order valence-electron chi connectivity index (χ4n) is 2.17. The summed E-state index contributed by atoms with van der Waals surface area (Å²) in [6.07, 6.45) is 1.38. The highest BCUT2D eigenvalue weighted by atomic mass is 16.5. The Morgan fingerprint density at radius 1 is 1.53 bits per heavy atom. The first-order chi connectivity index (χ1) is 8.24. The Morgan fingerprint density at radius 2 is 2.35 bits per heavy atom. The number of benzene rings is 1. The summed E-state index contributed by atoms with van der Waals surface area (Å²) in [5.41, 5.74) is 3.00. The van der Waals surface area contributed by atoms with Crippen molar-refractivity contribution >= 4 is 5.69 Å². The van der Waals surface area contributed by atoms with E-state index in [4.69, 9.17) is 10.00 Å². The van der Waals surface area contributed by atoms with Crippen LogP contribution < -0.4 is 4.90 Å². The number of ether oxygens (including phenoxy) is 1. The lowest BCUT2D eigenvalue weighted by molar-refractivity contribution is 0.0384. The Labute approximate surface area is 103 Å². The first-order valence-electron chi connectivity index (χ1n) is 6.12. The summed E-state index contributed by atoms with van der Waals surface area (Å²) in [6.45, 7) is 6.80. The molecule has 0 radical (unpaired) electrons. The molecule has 2 rings (SSSR count). The molecule has 1 saturated heterocycles. The Balaban J connectivity index is 2.17. The molecule has 0 amide bonds. The van der Waals surface area contributed by atoms with Crippen LogP contribution in [0.4, 0.5) is 5.69 Å². The molecule has 3 nitrogen and oxygen atoms in total. The molecular weight excluding hydrogens is 212 g/mol. The van der Waals surface area contributed by atoms with Crippen molar-refractivity contribution in [3.05, 3.63) is 29.3 Å². The molecule has 1 heterocycles. The van der Waals surface area contributed by atoms with Gasteiger partial charge in [0.05, 0.1) is 24.3 Å². The van der Waals surface area contributed by atoms with Crippen LogP contribution >= 0.6 is 0 Å². The Morgan fingerprint density at radius 3 is 3.00 bits per heavy atom. The molecule has 90 valence electrons. The zero-order valence-corrected chi connectivity index (χ0v) is 10.4. The molecular formula is C14H18N2O. The van der Waals surface area contributed by atoms with Crippen LogP contribution in [-0.2, 0) is 4.74 Å². The molecule has 1 atom stereocenters. The zero-order chi connectivity index (χ0) is 12.3. The lowest BCUT2D eigenvalue weighted by atomic mass is 10.1. The van der Waals surface area contributed by atoms with Crippen molar-refractivity contribution in [3.63, 3.8) is 0 Å². The lowest BCUT2D eigenvalue weighted by Crippen LogP contribution is -2.42. The predicted octanol–water partition coefficient (Wildman–Crippen LogP) is 2.48. The second kappa shape index (κ2) is 5.20. The third-order valence-corrected chi connectivity index (χ3v) is 3.29. The van der Waals surface area contributed by atoms with Crippen molar-refractivity contribution in [2.45, 2.75) is 26.4 Å². The molecule has 1 fully saturated rings. The van der Waals surface area contributed by atoms with Crippen molar-refractivity contribution < 1.29 is 4.74 Å². The van der Waals surface area contributed by atoms with E-state index < -0.39 is 0 Å². The third kappa shape index (κ3) is 2.59. The molecule has 0 N–H and O–H groups in total. The first-order valence-corrected chi connectivity index (χ1v) is 6.12. The van der Waals surface area contributed by atoms with Gasteiger partial charge in [-0.05, 0) is 37.1 Å². The van der Waals surface area contributed by atoms with Crippen LogP contribution in [0.3, 0.4) is 0 Å². The van der Waals surface area contributed by atoms with E-state index in [1.54, 1.807) is 0 Å². The highest BCUT2D eigenvalue weighted by molar-refractivity contribution is 5.53. The molecule has 0 spiro atoms. The minimum atomic E-state index is 0.333. The average molecular weight is 230 g/mol. The molecule has 0 aromatic heterocycles. The number of hydrogen-bond acceptors (Lipinski definition) is 3. The summed E-state index contributed by atoms with van der Waals surface area (Å²) in [6, 6.07) is 8.23. The topological polar surface area (TPSA) is 36.3 Å². The van der Waals surface area contributed by atoms with Gasteiger partial charge in [0, 0.05) is 18.8 Å². The maximum atomic E-state index is 8.92. The zero-order valence-electron chi connectivity index (χ0n) is 10.4. The van der Waals surface area contributed by atoms with E-state index >= 15 is 0 Å². The normalized spacial score (nSPS) is 20.1. The maximum Gasteiger partial charge on any atom is 0.0994 e. The maximum absolute atomic E-state index is 8.92. The monoisotopic (exact) mass is 230 g/mol. The van der Waals surface area contributed by atoms with Crippen LogP contribution in [-0.4, -0.2) is 25.8 Å². The van der Waals surface area contributed by atoms with E-state index in [-0.39, 0.29) is 0 Å². The number of nitriles is 1. The Bertz CT molecular complexity index is 436. The van der Waals surface area contributed by atoms with Gasteiger partial charge >= 0.3 is 0 Å². The smallest absolute Gasteiger partial charge is 0.0994 e. The van der Waals surface area contributed by atoms with Gasteiger partial charge in [0.15, 0.2) is 0 Å². The number of aryl methyl sites for hydroxylation is 1. The molecule has 1 aromatic carbocycles. The van der Waals surface area contributed by atoms with E-state index in [0.29, 0.717) is 6.10 Å². The van der Waals surface area contributed by atoms with Crippen molar-refractivity contribution in [2.75, 3.05) is 24.6 Å². The van der Waals surface area contributed by atoms with Crippen molar-refractivity contribution in [1.29, 1.82) is 5.26 Å².